The highest BCUT2D eigenvalue weighted by Crippen LogP contribution is 2.34. The van der Waals surface area contributed by atoms with Crippen LogP contribution in [-0.2, 0) is 22.4 Å². The van der Waals surface area contributed by atoms with E-state index in [1.807, 2.05) is 29.2 Å². The van der Waals surface area contributed by atoms with Crippen molar-refractivity contribution in [3.8, 4) is 5.75 Å². The van der Waals surface area contributed by atoms with Crippen molar-refractivity contribution in [2.75, 3.05) is 30.7 Å². The van der Waals surface area contributed by atoms with Gasteiger partial charge in [-0.1, -0.05) is 18.2 Å². The maximum atomic E-state index is 14.0. The number of urea groups is 1. The van der Waals surface area contributed by atoms with Crippen LogP contribution in [0.1, 0.15) is 40.7 Å². The molecule has 2 aliphatic heterocycles. The van der Waals surface area contributed by atoms with Gasteiger partial charge < -0.3 is 37.0 Å². The number of piperidine rings is 1. The van der Waals surface area contributed by atoms with Gasteiger partial charge in [-0.3, -0.25) is 14.4 Å². The number of aromatic hydroxyl groups is 1. The highest BCUT2D eigenvalue weighted by Gasteiger charge is 2.35. The number of nitrogens with zero attached hydrogens (tertiary/aromatic N) is 2. The molecule has 2 atom stereocenters. The van der Waals surface area contributed by atoms with E-state index in [0.717, 1.165) is 17.7 Å². The summed E-state index contributed by atoms with van der Waals surface area (Å²) in [5.41, 5.74) is 15.6. The number of hydrogen-bond acceptors (Lipinski definition) is 7. The zero-order valence-electron chi connectivity index (χ0n) is 25.6. The number of hydrogen-bond donors (Lipinski definition) is 5. The van der Waals surface area contributed by atoms with Crippen LogP contribution in [-0.4, -0.2) is 76.3 Å². The van der Waals surface area contributed by atoms with Gasteiger partial charge in [0.1, 0.15) is 11.8 Å². The van der Waals surface area contributed by atoms with Crippen molar-refractivity contribution in [3.63, 3.8) is 0 Å². The molecule has 15 heteroatoms. The lowest BCUT2D eigenvalue weighted by atomic mass is 9.98. The van der Waals surface area contributed by atoms with Crippen molar-refractivity contribution in [2.24, 2.45) is 5.73 Å². The van der Waals surface area contributed by atoms with Crippen LogP contribution in [0.2, 0.25) is 0 Å². The second-order valence-electron chi connectivity index (χ2n) is 11.8. The molecule has 2 unspecified atom stereocenters. The molecule has 2 heterocycles. The number of nitrogens with two attached hydrogens (primary N) is 2. The van der Waals surface area contributed by atoms with Crippen molar-refractivity contribution in [2.45, 2.75) is 50.2 Å². The first-order valence-electron chi connectivity index (χ1n) is 15.3. The van der Waals surface area contributed by atoms with E-state index in [1.165, 1.54) is 0 Å². The summed E-state index contributed by atoms with van der Waals surface area (Å²) in [6.45, 7) is 1.26. The van der Waals surface area contributed by atoms with E-state index in [9.17, 15) is 24.3 Å². The van der Waals surface area contributed by atoms with E-state index in [2.05, 4.69) is 74.4 Å². The van der Waals surface area contributed by atoms with Crippen LogP contribution in [0.25, 0.3) is 0 Å². The zero-order valence-corrected chi connectivity index (χ0v) is 32.0. The summed E-state index contributed by atoms with van der Waals surface area (Å²) in [6, 6.07) is 11.7. The fourth-order valence-electron chi connectivity index (χ4n) is 5.97. The molecule has 7 N–H and O–H groups in total. The van der Waals surface area contributed by atoms with Gasteiger partial charge in [-0.15, -0.1) is 0 Å². The number of anilines is 2. The molecule has 48 heavy (non-hydrogen) atoms. The Bertz CT molecular complexity index is 1700. The van der Waals surface area contributed by atoms with Crippen molar-refractivity contribution in [1.29, 1.82) is 0 Å². The maximum absolute atomic E-state index is 14.0. The normalized spacial score (nSPS) is 16.4. The number of amides is 4. The topological polar surface area (TPSA) is 171 Å². The van der Waals surface area contributed by atoms with E-state index in [1.54, 1.807) is 29.2 Å². The van der Waals surface area contributed by atoms with E-state index in [-0.39, 0.29) is 36.4 Å². The third kappa shape index (κ3) is 8.41. The molecule has 0 aliphatic carbocycles. The number of phenols is 1. The summed E-state index contributed by atoms with van der Waals surface area (Å²) in [5, 5.41) is 15.8. The molecule has 0 aromatic heterocycles. The number of nitrogens with one attached hydrogen (secondary N) is 2. The average molecular weight is 914 g/mol. The van der Waals surface area contributed by atoms with E-state index in [4.69, 9.17) is 11.5 Å². The Labute approximate surface area is 311 Å². The molecule has 0 radical (unpaired) electrons. The highest BCUT2D eigenvalue weighted by molar-refractivity contribution is 9.11. The standard InChI is InChI=1S/C33H34Br4N6O5/c34-21-14-19(15-22(35)29(21)39)28(44)16-27(40-31(46)25(38)13-17-11-23(36)30(45)24(37)12-17)32(47)42-8-6-20(7-9-42)43-10-5-18-3-1-2-4-26(18)41-33(43)48/h1-4,11-12,14-15,20,25,27,45H,5-10,13,16,38-39H2,(H,40,46)(H,41,48). The van der Waals surface area contributed by atoms with Gasteiger partial charge in [-0.25, -0.2) is 4.79 Å². The number of carbonyl (C=O) groups is 4. The highest BCUT2D eigenvalue weighted by atomic mass is 79.9. The zero-order chi connectivity index (χ0) is 34.7. The number of rotatable bonds is 9. The monoisotopic (exact) mass is 910 g/mol. The molecular weight excluding hydrogens is 880 g/mol. The molecule has 1 saturated heterocycles. The van der Waals surface area contributed by atoms with Crippen LogP contribution in [0.3, 0.4) is 0 Å². The van der Waals surface area contributed by atoms with E-state index < -0.39 is 23.9 Å². The number of phenolic OH excluding ortho intramolecular Hbond substituents is 1. The van der Waals surface area contributed by atoms with Crippen LogP contribution in [0.15, 0.2) is 66.4 Å². The fraction of sp³-hybridized carbons (Fsp3) is 0.333. The Kier molecular flexibility index (Phi) is 11.9. The second-order valence-corrected chi connectivity index (χ2v) is 15.3. The second kappa shape index (κ2) is 15.7. The summed E-state index contributed by atoms with van der Waals surface area (Å²) < 4.78 is 1.90. The first kappa shape index (κ1) is 36.3. The predicted octanol–water partition coefficient (Wildman–Crippen LogP) is 5.73. The first-order valence-corrected chi connectivity index (χ1v) is 18.4. The third-order valence-corrected chi connectivity index (χ3v) is 11.2. The largest absolute Gasteiger partial charge is 0.506 e. The lowest BCUT2D eigenvalue weighted by Gasteiger charge is -2.39. The van der Waals surface area contributed by atoms with Crippen molar-refractivity contribution < 1.29 is 24.3 Å². The summed E-state index contributed by atoms with van der Waals surface area (Å²) in [7, 11) is 0. The van der Waals surface area contributed by atoms with Gasteiger partial charge in [-0.05, 0) is 131 Å². The van der Waals surface area contributed by atoms with Gasteiger partial charge in [0.25, 0.3) is 0 Å². The summed E-state index contributed by atoms with van der Waals surface area (Å²) >= 11 is 13.3. The maximum Gasteiger partial charge on any atom is 0.322 e. The number of fused-ring (bicyclic) bond motifs is 1. The first-order chi connectivity index (χ1) is 22.8. The molecule has 0 spiro atoms. The molecule has 3 aromatic carbocycles. The Balaban J connectivity index is 1.29. The van der Waals surface area contributed by atoms with Crippen LogP contribution < -0.4 is 22.1 Å². The van der Waals surface area contributed by atoms with Gasteiger partial charge in [0, 0.05) is 52.3 Å². The lowest BCUT2D eigenvalue weighted by Crippen LogP contribution is -2.56. The van der Waals surface area contributed by atoms with Crippen molar-refractivity contribution in [1.82, 2.24) is 15.1 Å². The minimum atomic E-state index is -1.18. The summed E-state index contributed by atoms with van der Waals surface area (Å²) in [6.07, 6.45) is 1.63. The molecule has 1 fully saturated rings. The Hall–Kier alpha value is -2.98. The predicted molar refractivity (Wildman–Crippen MR) is 198 cm³/mol. The quantitative estimate of drug-likeness (QED) is 0.135. The Morgan fingerprint density at radius 1 is 0.958 bits per heavy atom. The van der Waals surface area contributed by atoms with Crippen LogP contribution in [0.5, 0.6) is 5.75 Å². The van der Waals surface area contributed by atoms with Gasteiger partial charge >= 0.3 is 6.03 Å². The van der Waals surface area contributed by atoms with Crippen LogP contribution in [0, 0.1) is 0 Å². The summed E-state index contributed by atoms with van der Waals surface area (Å²) in [5.74, 6) is -1.35. The molecule has 3 aromatic rings. The fourth-order valence-corrected chi connectivity index (χ4v) is 8.43. The number of nitrogen functional groups attached to an aromatic ring is 1. The van der Waals surface area contributed by atoms with Crippen LogP contribution in [0.4, 0.5) is 16.2 Å². The average Bonchev–Trinajstić information content (AvgIpc) is 3.23. The minimum Gasteiger partial charge on any atom is -0.506 e. The lowest BCUT2D eigenvalue weighted by molar-refractivity contribution is -0.137. The number of carbonyl (C=O) groups excluding carboxylic acids is 4. The number of para-hydroxylation sites is 1. The van der Waals surface area contributed by atoms with Gasteiger partial charge in [0.2, 0.25) is 11.8 Å². The Morgan fingerprint density at radius 3 is 2.23 bits per heavy atom. The number of ketones is 1. The molecular formula is C33H34Br4N6O5. The third-order valence-electron chi connectivity index (χ3n) is 8.63. The number of halogens is 4. The van der Waals surface area contributed by atoms with Crippen molar-refractivity contribution in [3.05, 3.63) is 83.1 Å². The number of Topliss-reactive ketones (excluding diaryl/α,β-unsaturated/α-hetero) is 1. The van der Waals surface area contributed by atoms with Gasteiger partial charge in [0.05, 0.1) is 20.7 Å². The number of benzene rings is 3. The van der Waals surface area contributed by atoms with E-state index >= 15 is 0 Å². The molecule has 5 rings (SSSR count). The molecule has 0 bridgehead atoms. The smallest absolute Gasteiger partial charge is 0.322 e. The van der Waals surface area contributed by atoms with Crippen molar-refractivity contribution >= 4 is 98.7 Å². The summed E-state index contributed by atoms with van der Waals surface area (Å²) in [4.78, 5) is 57.5. The molecule has 11 nitrogen and oxygen atoms in total. The van der Waals surface area contributed by atoms with Gasteiger partial charge in [0.15, 0.2) is 5.78 Å². The number of likely N-dealkylation sites (tertiary alicyclic amines) is 1. The Morgan fingerprint density at radius 2 is 1.58 bits per heavy atom. The van der Waals surface area contributed by atoms with Crippen LogP contribution >= 0.6 is 63.7 Å². The molecule has 4 amide bonds. The molecule has 254 valence electrons. The molecule has 0 saturated carbocycles. The molecule has 2 aliphatic rings. The van der Waals surface area contributed by atoms with E-state index in [0.29, 0.717) is 67.2 Å². The van der Waals surface area contributed by atoms with Gasteiger partial charge in [-0.2, -0.15) is 0 Å². The SMILES string of the molecule is Nc1c(Br)cc(C(=O)CC(NC(=O)C(N)Cc2cc(Br)c(O)c(Br)c2)C(=O)N2CCC(N3CCc4ccccc4NC3=O)CC2)cc1Br. The minimum absolute atomic E-state index is 0.0206.